The summed E-state index contributed by atoms with van der Waals surface area (Å²) in [4.78, 5) is 0. The fourth-order valence-electron chi connectivity index (χ4n) is 2.86. The van der Waals surface area contributed by atoms with Gasteiger partial charge in [-0.1, -0.05) is 19.9 Å². The molecule has 2 heteroatoms. The number of benzene rings is 1. The summed E-state index contributed by atoms with van der Waals surface area (Å²) in [5.74, 6) is 1.52. The van der Waals surface area contributed by atoms with Crippen LogP contribution in [-0.2, 0) is 0 Å². The number of ether oxygens (including phenoxy) is 1. The zero-order valence-corrected chi connectivity index (χ0v) is 11.5. The van der Waals surface area contributed by atoms with Gasteiger partial charge in [0, 0.05) is 11.6 Å². The summed E-state index contributed by atoms with van der Waals surface area (Å²) >= 11 is 0. The molecule has 2 rings (SSSR count). The number of methoxy groups -OCH3 is 1. The van der Waals surface area contributed by atoms with E-state index in [4.69, 9.17) is 10.5 Å². The summed E-state index contributed by atoms with van der Waals surface area (Å²) in [5, 5.41) is 0. The van der Waals surface area contributed by atoms with Crippen LogP contribution < -0.4 is 10.5 Å². The molecule has 1 aromatic carbocycles. The third-order valence-corrected chi connectivity index (χ3v) is 4.07. The third kappa shape index (κ3) is 2.19. The SMILES string of the molecule is COc1cc(C)cc(C)c1C(N)C1CC1(C)C. The standard InChI is InChI=1S/C15H23NO/c1-9-6-10(2)13(12(7-9)17-5)14(16)11-8-15(11,3)4/h6-7,11,14H,8,16H2,1-5H3. The summed E-state index contributed by atoms with van der Waals surface area (Å²) in [7, 11) is 1.72. The fraction of sp³-hybridized carbons (Fsp3) is 0.600. The first-order valence-corrected chi connectivity index (χ1v) is 6.27. The Kier molecular flexibility index (Phi) is 2.94. The molecule has 0 bridgehead atoms. The first-order valence-electron chi connectivity index (χ1n) is 6.27. The van der Waals surface area contributed by atoms with E-state index in [2.05, 4.69) is 39.8 Å². The highest BCUT2D eigenvalue weighted by atomic mass is 16.5. The van der Waals surface area contributed by atoms with E-state index in [0.29, 0.717) is 11.3 Å². The Morgan fingerprint density at radius 3 is 2.41 bits per heavy atom. The van der Waals surface area contributed by atoms with E-state index in [1.54, 1.807) is 7.11 Å². The normalized spacial score (nSPS) is 23.3. The van der Waals surface area contributed by atoms with Gasteiger partial charge in [-0.05, 0) is 48.8 Å². The molecule has 0 radical (unpaired) electrons. The Hall–Kier alpha value is -1.02. The second kappa shape index (κ2) is 4.02. The zero-order chi connectivity index (χ0) is 12.8. The van der Waals surface area contributed by atoms with E-state index in [-0.39, 0.29) is 6.04 Å². The highest BCUT2D eigenvalue weighted by molar-refractivity contribution is 5.46. The number of aryl methyl sites for hydroxylation is 2. The number of hydrogen-bond donors (Lipinski definition) is 1. The lowest BCUT2D eigenvalue weighted by Gasteiger charge is -2.20. The van der Waals surface area contributed by atoms with Gasteiger partial charge < -0.3 is 10.5 Å². The Bertz CT molecular complexity index is 437. The molecule has 0 saturated heterocycles. The molecule has 0 spiro atoms. The van der Waals surface area contributed by atoms with Crippen molar-refractivity contribution in [3.05, 3.63) is 28.8 Å². The quantitative estimate of drug-likeness (QED) is 0.869. The van der Waals surface area contributed by atoms with Gasteiger partial charge in [0.1, 0.15) is 5.75 Å². The molecule has 17 heavy (non-hydrogen) atoms. The molecule has 94 valence electrons. The third-order valence-electron chi connectivity index (χ3n) is 4.07. The molecule has 0 aromatic heterocycles. The van der Waals surface area contributed by atoms with Crippen molar-refractivity contribution < 1.29 is 4.74 Å². The van der Waals surface area contributed by atoms with Crippen LogP contribution in [0.4, 0.5) is 0 Å². The first kappa shape index (κ1) is 12.4. The molecule has 1 saturated carbocycles. The molecule has 1 fully saturated rings. The van der Waals surface area contributed by atoms with Crippen LogP contribution in [-0.4, -0.2) is 7.11 Å². The molecule has 0 heterocycles. The van der Waals surface area contributed by atoms with Crippen LogP contribution in [0.15, 0.2) is 12.1 Å². The largest absolute Gasteiger partial charge is 0.496 e. The highest BCUT2D eigenvalue weighted by Gasteiger charge is 2.50. The Balaban J connectivity index is 2.38. The molecule has 2 unspecified atom stereocenters. The molecule has 1 aliphatic carbocycles. The van der Waals surface area contributed by atoms with E-state index in [0.717, 1.165) is 5.75 Å². The van der Waals surface area contributed by atoms with Gasteiger partial charge in [-0.25, -0.2) is 0 Å². The van der Waals surface area contributed by atoms with Crippen LogP contribution in [0.2, 0.25) is 0 Å². The molecular formula is C15H23NO. The minimum atomic E-state index is 0.0977. The fourth-order valence-corrected chi connectivity index (χ4v) is 2.86. The van der Waals surface area contributed by atoms with Crippen molar-refractivity contribution in [3.8, 4) is 5.75 Å². The first-order chi connectivity index (χ1) is 7.86. The minimum Gasteiger partial charge on any atom is -0.496 e. The van der Waals surface area contributed by atoms with Crippen molar-refractivity contribution in [1.29, 1.82) is 0 Å². The maximum Gasteiger partial charge on any atom is 0.124 e. The van der Waals surface area contributed by atoms with Crippen LogP contribution in [0.1, 0.15) is 43.0 Å². The predicted molar refractivity (Wildman–Crippen MR) is 71.3 cm³/mol. The second-order valence-corrected chi connectivity index (χ2v) is 6.02. The Morgan fingerprint density at radius 2 is 1.94 bits per heavy atom. The topological polar surface area (TPSA) is 35.2 Å². The highest BCUT2D eigenvalue weighted by Crippen LogP contribution is 2.58. The zero-order valence-electron chi connectivity index (χ0n) is 11.5. The summed E-state index contributed by atoms with van der Waals surface area (Å²) in [6.45, 7) is 8.78. The molecule has 2 nitrogen and oxygen atoms in total. The lowest BCUT2D eigenvalue weighted by molar-refractivity contribution is 0.396. The number of rotatable bonds is 3. The maximum absolute atomic E-state index is 6.42. The smallest absolute Gasteiger partial charge is 0.124 e. The van der Waals surface area contributed by atoms with E-state index in [1.165, 1.54) is 23.1 Å². The van der Waals surface area contributed by atoms with Crippen molar-refractivity contribution in [2.75, 3.05) is 7.11 Å². The van der Waals surface area contributed by atoms with E-state index in [1.807, 2.05) is 0 Å². The molecule has 2 atom stereocenters. The van der Waals surface area contributed by atoms with Crippen molar-refractivity contribution in [2.24, 2.45) is 17.1 Å². The van der Waals surface area contributed by atoms with Gasteiger partial charge in [-0.15, -0.1) is 0 Å². The maximum atomic E-state index is 6.42. The predicted octanol–water partition coefficient (Wildman–Crippen LogP) is 3.36. The lowest BCUT2D eigenvalue weighted by atomic mass is 9.92. The monoisotopic (exact) mass is 233 g/mol. The van der Waals surface area contributed by atoms with Crippen LogP contribution >= 0.6 is 0 Å². The average molecular weight is 233 g/mol. The number of nitrogens with two attached hydrogens (primary N) is 1. The van der Waals surface area contributed by atoms with Gasteiger partial charge >= 0.3 is 0 Å². The van der Waals surface area contributed by atoms with Crippen LogP contribution in [0.25, 0.3) is 0 Å². The second-order valence-electron chi connectivity index (χ2n) is 6.02. The van der Waals surface area contributed by atoms with Crippen molar-refractivity contribution in [3.63, 3.8) is 0 Å². The van der Waals surface area contributed by atoms with Gasteiger partial charge in [0.25, 0.3) is 0 Å². The van der Waals surface area contributed by atoms with Crippen LogP contribution in [0.3, 0.4) is 0 Å². The molecule has 0 amide bonds. The average Bonchev–Trinajstić information content (AvgIpc) is 2.85. The van der Waals surface area contributed by atoms with Gasteiger partial charge in [-0.3, -0.25) is 0 Å². The van der Waals surface area contributed by atoms with Gasteiger partial charge in [0.05, 0.1) is 7.11 Å². The lowest BCUT2D eigenvalue weighted by Crippen LogP contribution is -2.18. The van der Waals surface area contributed by atoms with Gasteiger partial charge in [-0.2, -0.15) is 0 Å². The summed E-state index contributed by atoms with van der Waals surface area (Å²) in [5.41, 5.74) is 10.5. The molecule has 2 N–H and O–H groups in total. The van der Waals surface area contributed by atoms with E-state index >= 15 is 0 Å². The Labute approximate surface area is 104 Å². The molecular weight excluding hydrogens is 210 g/mol. The molecule has 1 aliphatic rings. The number of hydrogen-bond acceptors (Lipinski definition) is 2. The van der Waals surface area contributed by atoms with Gasteiger partial charge in [0.2, 0.25) is 0 Å². The van der Waals surface area contributed by atoms with Gasteiger partial charge in [0.15, 0.2) is 0 Å². The molecule has 0 aliphatic heterocycles. The van der Waals surface area contributed by atoms with E-state index in [9.17, 15) is 0 Å². The molecule has 1 aromatic rings. The summed E-state index contributed by atoms with van der Waals surface area (Å²) in [6, 6.07) is 4.37. The van der Waals surface area contributed by atoms with Crippen molar-refractivity contribution in [1.82, 2.24) is 0 Å². The van der Waals surface area contributed by atoms with Crippen molar-refractivity contribution >= 4 is 0 Å². The summed E-state index contributed by atoms with van der Waals surface area (Å²) < 4.78 is 5.49. The van der Waals surface area contributed by atoms with Crippen molar-refractivity contribution in [2.45, 2.75) is 40.2 Å². The summed E-state index contributed by atoms with van der Waals surface area (Å²) in [6.07, 6.45) is 1.21. The van der Waals surface area contributed by atoms with E-state index < -0.39 is 0 Å². The van der Waals surface area contributed by atoms with Crippen LogP contribution in [0, 0.1) is 25.2 Å². The minimum absolute atomic E-state index is 0.0977. The van der Waals surface area contributed by atoms with Crippen LogP contribution in [0.5, 0.6) is 5.75 Å². The Morgan fingerprint density at radius 1 is 1.35 bits per heavy atom.